The van der Waals surface area contributed by atoms with Crippen LogP contribution in [-0.4, -0.2) is 21.6 Å². The second-order valence-corrected chi connectivity index (χ2v) is 9.78. The smallest absolute Gasteiger partial charge is 0.242 e. The SMILES string of the molecule is CCC(=O)N1N=C(c2c(C)nc3ccccc3c2-c2ccc(Cl)cc2)C[C@H]1c1ccc(Cl)cc1Cl. The Morgan fingerprint density at radius 2 is 1.69 bits per heavy atom. The molecule has 0 N–H and O–H groups in total. The Morgan fingerprint density at radius 1 is 0.971 bits per heavy atom. The molecule has 3 aromatic carbocycles. The van der Waals surface area contributed by atoms with Crippen LogP contribution in [0.3, 0.4) is 0 Å². The van der Waals surface area contributed by atoms with Gasteiger partial charge in [0.15, 0.2) is 0 Å². The third kappa shape index (κ3) is 4.42. The van der Waals surface area contributed by atoms with Gasteiger partial charge in [-0.1, -0.05) is 78.1 Å². The summed E-state index contributed by atoms with van der Waals surface area (Å²) in [7, 11) is 0. The topological polar surface area (TPSA) is 45.6 Å². The van der Waals surface area contributed by atoms with Gasteiger partial charge in [0.05, 0.1) is 17.3 Å². The van der Waals surface area contributed by atoms with Gasteiger partial charge < -0.3 is 0 Å². The van der Waals surface area contributed by atoms with Crippen molar-refractivity contribution < 1.29 is 4.79 Å². The Morgan fingerprint density at radius 3 is 2.40 bits per heavy atom. The molecule has 0 saturated carbocycles. The van der Waals surface area contributed by atoms with Crippen LogP contribution in [0.2, 0.25) is 15.1 Å². The highest BCUT2D eigenvalue weighted by Crippen LogP contribution is 2.41. The summed E-state index contributed by atoms with van der Waals surface area (Å²) in [6, 6.07) is 20.9. The molecule has 0 fully saturated rings. The van der Waals surface area contributed by atoms with Gasteiger partial charge in [0, 0.05) is 50.1 Å². The maximum Gasteiger partial charge on any atom is 0.242 e. The lowest BCUT2D eigenvalue weighted by Gasteiger charge is -2.22. The number of hydrogen-bond donors (Lipinski definition) is 0. The number of halogens is 3. The van der Waals surface area contributed by atoms with Crippen molar-refractivity contribution in [1.82, 2.24) is 9.99 Å². The number of aryl methyl sites for hydroxylation is 1. The van der Waals surface area contributed by atoms with Gasteiger partial charge in [0.1, 0.15) is 0 Å². The van der Waals surface area contributed by atoms with Crippen molar-refractivity contribution in [2.75, 3.05) is 0 Å². The summed E-state index contributed by atoms with van der Waals surface area (Å²) in [5.41, 5.74) is 6.31. The molecule has 1 aromatic heterocycles. The van der Waals surface area contributed by atoms with E-state index in [0.29, 0.717) is 27.9 Å². The average molecular weight is 523 g/mol. The highest BCUT2D eigenvalue weighted by atomic mass is 35.5. The summed E-state index contributed by atoms with van der Waals surface area (Å²) in [5, 5.41) is 9.17. The minimum atomic E-state index is -0.328. The number of fused-ring (bicyclic) bond motifs is 1. The van der Waals surface area contributed by atoms with Crippen molar-refractivity contribution in [2.24, 2.45) is 5.10 Å². The lowest BCUT2D eigenvalue weighted by Crippen LogP contribution is -2.26. The van der Waals surface area contributed by atoms with Crippen molar-refractivity contribution in [3.63, 3.8) is 0 Å². The lowest BCUT2D eigenvalue weighted by atomic mass is 9.89. The molecular formula is C28H22Cl3N3O. The van der Waals surface area contributed by atoms with E-state index in [1.807, 2.05) is 62.4 Å². The number of amides is 1. The summed E-state index contributed by atoms with van der Waals surface area (Å²) < 4.78 is 0. The number of carbonyl (C=O) groups is 1. The summed E-state index contributed by atoms with van der Waals surface area (Å²) in [5.74, 6) is -0.0736. The Bertz CT molecular complexity index is 1480. The van der Waals surface area contributed by atoms with Crippen LogP contribution in [0.25, 0.3) is 22.0 Å². The van der Waals surface area contributed by atoms with E-state index in [2.05, 4.69) is 6.07 Å². The van der Waals surface area contributed by atoms with E-state index < -0.39 is 0 Å². The van der Waals surface area contributed by atoms with Crippen LogP contribution in [0, 0.1) is 6.92 Å². The third-order valence-electron chi connectivity index (χ3n) is 6.28. The first-order valence-electron chi connectivity index (χ1n) is 11.4. The standard InChI is InChI=1S/C28H22Cl3N3O/c1-3-26(35)34-25(20-13-12-19(30)14-22(20)31)15-24(33-34)27-16(2)32-23-7-5-4-6-21(23)28(27)17-8-10-18(29)11-9-17/h4-14,25H,3,15H2,1-2H3/t25-/m0/s1. The number of pyridine rings is 1. The maximum atomic E-state index is 13.0. The normalized spacial score (nSPS) is 15.5. The molecule has 1 aliphatic rings. The Labute approximate surface area is 219 Å². The lowest BCUT2D eigenvalue weighted by molar-refractivity contribution is -0.132. The molecule has 1 aliphatic heterocycles. The van der Waals surface area contributed by atoms with Gasteiger partial charge >= 0.3 is 0 Å². The number of hydrazone groups is 1. The Hall–Kier alpha value is -2.92. The number of para-hydroxylation sites is 1. The predicted octanol–water partition coefficient (Wildman–Crippen LogP) is 8.26. The molecule has 0 unspecified atom stereocenters. The van der Waals surface area contributed by atoms with Crippen LogP contribution in [0.1, 0.15) is 42.6 Å². The van der Waals surface area contributed by atoms with Gasteiger partial charge in [-0.3, -0.25) is 9.78 Å². The van der Waals surface area contributed by atoms with Crippen molar-refractivity contribution in [3.05, 3.63) is 98.6 Å². The molecule has 5 rings (SSSR count). The van der Waals surface area contributed by atoms with Crippen molar-refractivity contribution in [1.29, 1.82) is 0 Å². The fourth-order valence-electron chi connectivity index (χ4n) is 4.67. The van der Waals surface area contributed by atoms with E-state index in [1.54, 1.807) is 17.1 Å². The van der Waals surface area contributed by atoms with Crippen LogP contribution in [-0.2, 0) is 4.79 Å². The van der Waals surface area contributed by atoms with Crippen LogP contribution in [0.15, 0.2) is 71.8 Å². The van der Waals surface area contributed by atoms with Crippen LogP contribution in [0.5, 0.6) is 0 Å². The number of rotatable bonds is 4. The number of benzene rings is 3. The predicted molar refractivity (Wildman–Crippen MR) is 144 cm³/mol. The van der Waals surface area contributed by atoms with Gasteiger partial charge in [-0.05, 0) is 48.4 Å². The minimum Gasteiger partial charge on any atom is -0.273 e. The van der Waals surface area contributed by atoms with E-state index in [-0.39, 0.29) is 11.9 Å². The molecule has 0 saturated heterocycles. The van der Waals surface area contributed by atoms with Crippen molar-refractivity contribution >= 4 is 57.3 Å². The van der Waals surface area contributed by atoms with Crippen molar-refractivity contribution in [2.45, 2.75) is 32.7 Å². The molecule has 0 bridgehead atoms. The molecule has 4 nitrogen and oxygen atoms in total. The van der Waals surface area contributed by atoms with Gasteiger partial charge in [-0.15, -0.1) is 0 Å². The summed E-state index contributed by atoms with van der Waals surface area (Å²) in [6.45, 7) is 3.82. The zero-order valence-electron chi connectivity index (χ0n) is 19.2. The molecule has 35 heavy (non-hydrogen) atoms. The van der Waals surface area contributed by atoms with E-state index in [4.69, 9.17) is 44.9 Å². The number of carbonyl (C=O) groups excluding carboxylic acids is 1. The zero-order chi connectivity index (χ0) is 24.7. The number of nitrogens with zero attached hydrogens (tertiary/aromatic N) is 3. The quantitative estimate of drug-likeness (QED) is 0.271. The molecule has 0 radical (unpaired) electrons. The Kier molecular flexibility index (Phi) is 6.54. The van der Waals surface area contributed by atoms with E-state index in [1.165, 1.54) is 0 Å². The molecule has 2 heterocycles. The minimum absolute atomic E-state index is 0.0736. The second-order valence-electron chi connectivity index (χ2n) is 8.50. The van der Waals surface area contributed by atoms with Gasteiger partial charge in [-0.2, -0.15) is 5.10 Å². The zero-order valence-corrected chi connectivity index (χ0v) is 21.5. The highest BCUT2D eigenvalue weighted by Gasteiger charge is 2.35. The van der Waals surface area contributed by atoms with E-state index >= 15 is 0 Å². The van der Waals surface area contributed by atoms with E-state index in [0.717, 1.165) is 44.6 Å². The molecule has 1 atom stereocenters. The maximum absolute atomic E-state index is 13.0. The Balaban J connectivity index is 1.72. The van der Waals surface area contributed by atoms with E-state index in [9.17, 15) is 4.79 Å². The monoisotopic (exact) mass is 521 g/mol. The highest BCUT2D eigenvalue weighted by molar-refractivity contribution is 6.35. The van der Waals surface area contributed by atoms with Crippen LogP contribution >= 0.6 is 34.8 Å². The van der Waals surface area contributed by atoms with Crippen LogP contribution < -0.4 is 0 Å². The van der Waals surface area contributed by atoms with Gasteiger partial charge in [0.25, 0.3) is 0 Å². The fraction of sp³-hybridized carbons (Fsp3) is 0.179. The first-order valence-corrected chi connectivity index (χ1v) is 12.5. The molecule has 7 heteroatoms. The van der Waals surface area contributed by atoms with Gasteiger partial charge in [-0.25, -0.2) is 5.01 Å². The molecular weight excluding hydrogens is 501 g/mol. The first-order chi connectivity index (χ1) is 16.9. The summed E-state index contributed by atoms with van der Waals surface area (Å²) in [6.07, 6.45) is 0.839. The summed E-state index contributed by atoms with van der Waals surface area (Å²) in [4.78, 5) is 17.8. The van der Waals surface area contributed by atoms with Crippen LogP contribution in [0.4, 0.5) is 0 Å². The molecule has 0 spiro atoms. The molecule has 176 valence electrons. The van der Waals surface area contributed by atoms with Gasteiger partial charge in [0.2, 0.25) is 5.91 Å². The molecule has 4 aromatic rings. The largest absolute Gasteiger partial charge is 0.273 e. The molecule has 0 aliphatic carbocycles. The molecule has 1 amide bonds. The van der Waals surface area contributed by atoms with Crippen molar-refractivity contribution in [3.8, 4) is 11.1 Å². The third-order valence-corrected chi connectivity index (χ3v) is 7.10. The average Bonchev–Trinajstić information content (AvgIpc) is 3.28. The second kappa shape index (κ2) is 9.62. The number of aromatic nitrogens is 1. The fourth-order valence-corrected chi connectivity index (χ4v) is 5.33. The summed E-state index contributed by atoms with van der Waals surface area (Å²) >= 11 is 18.9. The number of hydrogen-bond acceptors (Lipinski definition) is 3. The first kappa shape index (κ1) is 23.8.